The fourth-order valence-corrected chi connectivity index (χ4v) is 3.37. The third-order valence-corrected chi connectivity index (χ3v) is 5.15. The number of hydrogen-bond donors (Lipinski definition) is 0. The minimum atomic E-state index is -0.699. The summed E-state index contributed by atoms with van der Waals surface area (Å²) in [6, 6.07) is 5.72. The van der Waals surface area contributed by atoms with Crippen molar-refractivity contribution in [3.63, 3.8) is 0 Å². The number of hydrogen-bond acceptors (Lipinski definition) is 8. The first-order valence-electron chi connectivity index (χ1n) is 13.1. The summed E-state index contributed by atoms with van der Waals surface area (Å²) in [5.74, 6) is -2.29. The van der Waals surface area contributed by atoms with Crippen LogP contribution in [0, 0.1) is 23.7 Å². The highest BCUT2D eigenvalue weighted by molar-refractivity contribution is 6.16. The Morgan fingerprint density at radius 3 is 1.08 bits per heavy atom. The molecule has 2 aromatic carbocycles. The molecule has 208 valence electrons. The fraction of sp³-hybridized carbons (Fsp3) is 0.533. The zero-order valence-corrected chi connectivity index (χ0v) is 23.7. The third-order valence-electron chi connectivity index (χ3n) is 5.15. The Morgan fingerprint density at radius 2 is 0.789 bits per heavy atom. The molecule has 0 amide bonds. The van der Waals surface area contributed by atoms with Crippen molar-refractivity contribution >= 4 is 34.6 Å². The van der Waals surface area contributed by atoms with Gasteiger partial charge in [0, 0.05) is 5.39 Å². The van der Waals surface area contributed by atoms with E-state index in [9.17, 15) is 19.2 Å². The summed E-state index contributed by atoms with van der Waals surface area (Å²) in [6.45, 7) is 15.9. The number of esters is 4. The van der Waals surface area contributed by atoms with Gasteiger partial charge < -0.3 is 18.9 Å². The molecule has 8 nitrogen and oxygen atoms in total. The smallest absolute Gasteiger partial charge is 0.338 e. The van der Waals surface area contributed by atoms with Crippen LogP contribution < -0.4 is 0 Å². The van der Waals surface area contributed by atoms with E-state index < -0.39 is 23.9 Å². The number of fused-ring (bicyclic) bond motifs is 1. The summed E-state index contributed by atoms with van der Waals surface area (Å²) in [5.41, 5.74) is 0.226. The lowest BCUT2D eigenvalue weighted by atomic mass is 9.94. The molecule has 0 aliphatic rings. The molecule has 0 aromatic heterocycles. The second kappa shape index (κ2) is 13.9. The van der Waals surface area contributed by atoms with Crippen molar-refractivity contribution in [3.8, 4) is 0 Å². The molecule has 0 saturated carbocycles. The molecular formula is C30H40O8. The van der Waals surface area contributed by atoms with Gasteiger partial charge in [0.05, 0.1) is 48.7 Å². The van der Waals surface area contributed by atoms with Crippen LogP contribution in [0.1, 0.15) is 96.8 Å². The monoisotopic (exact) mass is 528 g/mol. The Labute approximate surface area is 225 Å². The SMILES string of the molecule is CC(C)COC(=O)c1cc(C(=O)OCC(C)C)c2c(C(=O)OCC(C)C)cc(C(=O)OCC(C)C)cc2c1. The normalized spacial score (nSPS) is 11.4. The number of rotatable bonds is 12. The van der Waals surface area contributed by atoms with E-state index in [1.54, 1.807) is 0 Å². The van der Waals surface area contributed by atoms with Crippen LogP contribution in [0.3, 0.4) is 0 Å². The zero-order valence-electron chi connectivity index (χ0n) is 23.7. The third kappa shape index (κ3) is 8.85. The Bertz CT molecular complexity index is 1070. The summed E-state index contributed by atoms with van der Waals surface area (Å²) in [6.07, 6.45) is 0. The minimum Gasteiger partial charge on any atom is -0.462 e. The first-order chi connectivity index (χ1) is 17.8. The summed E-state index contributed by atoms with van der Waals surface area (Å²) in [4.78, 5) is 52.2. The maximum atomic E-state index is 13.2. The van der Waals surface area contributed by atoms with Crippen molar-refractivity contribution in [2.75, 3.05) is 26.4 Å². The van der Waals surface area contributed by atoms with Crippen molar-refractivity contribution in [2.24, 2.45) is 23.7 Å². The summed E-state index contributed by atoms with van der Waals surface area (Å²) in [7, 11) is 0. The van der Waals surface area contributed by atoms with Crippen LogP contribution in [0.15, 0.2) is 24.3 Å². The highest BCUT2D eigenvalue weighted by atomic mass is 16.5. The van der Waals surface area contributed by atoms with E-state index in [0.29, 0.717) is 5.39 Å². The summed E-state index contributed by atoms with van der Waals surface area (Å²) in [5, 5.41) is 0.546. The average Bonchev–Trinajstić information content (AvgIpc) is 2.85. The van der Waals surface area contributed by atoms with E-state index in [-0.39, 0.29) is 77.7 Å². The van der Waals surface area contributed by atoms with Crippen LogP contribution in [0.4, 0.5) is 0 Å². The van der Waals surface area contributed by atoms with Gasteiger partial charge in [-0.25, -0.2) is 19.2 Å². The quantitative estimate of drug-likeness (QED) is 0.241. The number of benzene rings is 2. The van der Waals surface area contributed by atoms with Gasteiger partial charge >= 0.3 is 23.9 Å². The molecule has 0 fully saturated rings. The molecule has 0 aliphatic heterocycles. The predicted molar refractivity (Wildman–Crippen MR) is 144 cm³/mol. The molecule has 8 heteroatoms. The molecule has 38 heavy (non-hydrogen) atoms. The molecule has 0 bridgehead atoms. The molecule has 0 heterocycles. The van der Waals surface area contributed by atoms with Crippen LogP contribution >= 0.6 is 0 Å². The molecule has 0 atom stereocenters. The standard InChI is InChI=1S/C30H40O8/c1-17(2)13-35-27(31)22-9-21-10-23(28(32)36-14-18(3)4)12-25(30(34)38-16-20(7)8)26(21)24(11-22)29(33)37-15-19(5)6/h9-12,17-20H,13-16H2,1-8H3. The predicted octanol–water partition coefficient (Wildman–Crippen LogP) is 6.09. The first kappa shape index (κ1) is 30.8. The zero-order chi connectivity index (χ0) is 28.6. The summed E-state index contributed by atoms with van der Waals surface area (Å²) >= 11 is 0. The second-order valence-electron chi connectivity index (χ2n) is 11.1. The van der Waals surface area contributed by atoms with Crippen LogP contribution in [-0.2, 0) is 18.9 Å². The van der Waals surface area contributed by atoms with E-state index in [1.165, 1.54) is 24.3 Å². The number of ether oxygens (including phenoxy) is 4. The van der Waals surface area contributed by atoms with Crippen molar-refractivity contribution < 1.29 is 38.1 Å². The minimum absolute atomic E-state index is 0.0123. The van der Waals surface area contributed by atoms with Crippen molar-refractivity contribution in [1.82, 2.24) is 0 Å². The topological polar surface area (TPSA) is 105 Å². The van der Waals surface area contributed by atoms with Crippen LogP contribution in [0.2, 0.25) is 0 Å². The van der Waals surface area contributed by atoms with Gasteiger partial charge in [0.25, 0.3) is 0 Å². The first-order valence-corrected chi connectivity index (χ1v) is 13.1. The number of carbonyl (C=O) groups is 4. The molecule has 0 N–H and O–H groups in total. The Morgan fingerprint density at radius 1 is 0.500 bits per heavy atom. The maximum absolute atomic E-state index is 13.2. The molecule has 0 saturated heterocycles. The van der Waals surface area contributed by atoms with Gasteiger partial charge in [-0.1, -0.05) is 55.4 Å². The molecule has 0 radical (unpaired) electrons. The van der Waals surface area contributed by atoms with Crippen molar-refractivity contribution in [3.05, 3.63) is 46.5 Å². The van der Waals surface area contributed by atoms with E-state index in [2.05, 4.69) is 0 Å². The van der Waals surface area contributed by atoms with Crippen molar-refractivity contribution in [2.45, 2.75) is 55.4 Å². The lowest BCUT2D eigenvalue weighted by molar-refractivity contribution is 0.0446. The second-order valence-corrected chi connectivity index (χ2v) is 11.1. The van der Waals surface area contributed by atoms with Crippen LogP contribution in [0.5, 0.6) is 0 Å². The van der Waals surface area contributed by atoms with E-state index >= 15 is 0 Å². The molecule has 2 aromatic rings. The van der Waals surface area contributed by atoms with Crippen LogP contribution in [0.25, 0.3) is 10.8 Å². The fourth-order valence-electron chi connectivity index (χ4n) is 3.37. The Kier molecular flexibility index (Phi) is 11.3. The van der Waals surface area contributed by atoms with E-state index in [0.717, 1.165) is 0 Å². The van der Waals surface area contributed by atoms with Gasteiger partial charge in [-0.05, 0) is 53.3 Å². The largest absolute Gasteiger partial charge is 0.462 e. The molecular weight excluding hydrogens is 488 g/mol. The summed E-state index contributed by atoms with van der Waals surface area (Å²) < 4.78 is 21.7. The van der Waals surface area contributed by atoms with Crippen molar-refractivity contribution in [1.29, 1.82) is 0 Å². The highest BCUT2D eigenvalue weighted by Crippen LogP contribution is 2.30. The Hall–Kier alpha value is -3.42. The van der Waals surface area contributed by atoms with Gasteiger partial charge in [-0.15, -0.1) is 0 Å². The average molecular weight is 529 g/mol. The molecule has 0 unspecified atom stereocenters. The lowest BCUT2D eigenvalue weighted by Crippen LogP contribution is -2.17. The van der Waals surface area contributed by atoms with E-state index in [1.807, 2.05) is 55.4 Å². The van der Waals surface area contributed by atoms with Gasteiger partial charge in [-0.3, -0.25) is 0 Å². The maximum Gasteiger partial charge on any atom is 0.338 e. The Balaban J connectivity index is 2.77. The van der Waals surface area contributed by atoms with Gasteiger partial charge in [-0.2, -0.15) is 0 Å². The van der Waals surface area contributed by atoms with Crippen LogP contribution in [-0.4, -0.2) is 50.3 Å². The lowest BCUT2D eigenvalue weighted by Gasteiger charge is -2.16. The van der Waals surface area contributed by atoms with Gasteiger partial charge in [0.15, 0.2) is 0 Å². The van der Waals surface area contributed by atoms with E-state index in [4.69, 9.17) is 18.9 Å². The number of carbonyl (C=O) groups excluding carboxylic acids is 4. The highest BCUT2D eigenvalue weighted by Gasteiger charge is 2.25. The van der Waals surface area contributed by atoms with Gasteiger partial charge in [0.2, 0.25) is 0 Å². The molecule has 0 spiro atoms. The molecule has 0 aliphatic carbocycles. The van der Waals surface area contributed by atoms with Gasteiger partial charge in [0.1, 0.15) is 0 Å². The molecule has 2 rings (SSSR count).